The number of aromatic nitrogens is 2. The zero-order valence-electron chi connectivity index (χ0n) is 20.0. The van der Waals surface area contributed by atoms with Crippen LogP contribution in [0, 0.1) is 0 Å². The minimum atomic E-state index is -1.28. The van der Waals surface area contributed by atoms with E-state index in [2.05, 4.69) is 25.9 Å². The van der Waals surface area contributed by atoms with Gasteiger partial charge in [-0.3, -0.25) is 24.0 Å². The molecule has 0 saturated heterocycles. The van der Waals surface area contributed by atoms with Crippen molar-refractivity contribution in [3.8, 4) is 5.75 Å². The van der Waals surface area contributed by atoms with E-state index in [9.17, 15) is 29.1 Å². The molecule has 2 aromatic rings. The molecule has 14 heteroatoms. The molecule has 1 aromatic heterocycles. The van der Waals surface area contributed by atoms with Crippen molar-refractivity contribution in [3.05, 3.63) is 48.0 Å². The Bertz CT molecular complexity index is 1090. The van der Waals surface area contributed by atoms with E-state index in [4.69, 9.17) is 15.9 Å². The fraction of sp³-hybridized carbons (Fsp3) is 0.391. The minimum absolute atomic E-state index is 0.00476. The number of carbonyl (C=O) groups is 5. The van der Waals surface area contributed by atoms with Gasteiger partial charge in [-0.15, -0.1) is 0 Å². The Kier molecular flexibility index (Phi) is 10.6. The van der Waals surface area contributed by atoms with Crippen LogP contribution in [0.2, 0.25) is 0 Å². The number of nitrogens with one attached hydrogen (secondary N) is 4. The molecule has 0 bridgehead atoms. The summed E-state index contributed by atoms with van der Waals surface area (Å²) in [4.78, 5) is 67.3. The molecule has 0 radical (unpaired) electrons. The molecule has 14 nitrogen and oxygen atoms in total. The summed E-state index contributed by atoms with van der Waals surface area (Å²) in [5.41, 5.74) is 6.81. The fourth-order valence-electron chi connectivity index (χ4n) is 3.24. The number of benzene rings is 1. The van der Waals surface area contributed by atoms with E-state index in [1.165, 1.54) is 43.7 Å². The van der Waals surface area contributed by atoms with Gasteiger partial charge in [-0.1, -0.05) is 12.1 Å². The van der Waals surface area contributed by atoms with Crippen LogP contribution in [0.25, 0.3) is 0 Å². The summed E-state index contributed by atoms with van der Waals surface area (Å²) in [6, 6.07) is 0.968. The van der Waals surface area contributed by atoms with Gasteiger partial charge in [0.1, 0.15) is 23.9 Å². The van der Waals surface area contributed by atoms with Crippen LogP contribution in [-0.4, -0.2) is 79.1 Å². The van der Waals surface area contributed by atoms with Crippen LogP contribution in [0.3, 0.4) is 0 Å². The zero-order chi connectivity index (χ0) is 27.5. The maximum Gasteiger partial charge on any atom is 0.325 e. The standard InChI is InChI=1S/C23H30N6O8/c1-12(23(36)37)27-21(34)17(8-13-2-4-15(30)5-3-13)29-22(35)18(9-14-10-25-11-26-14)28-20(33)16(24)6-7-19(31)32/h2-5,10-12,16-18,30H,6-9,24H2,1H3,(H,25,26)(H,27,34)(H,28,33)(H,29,35)(H,31,32)(H,36,37). The van der Waals surface area contributed by atoms with Gasteiger partial charge >= 0.3 is 11.9 Å². The number of carboxylic acids is 2. The molecule has 4 unspecified atom stereocenters. The lowest BCUT2D eigenvalue weighted by atomic mass is 10.0. The lowest BCUT2D eigenvalue weighted by Crippen LogP contribution is -2.58. The van der Waals surface area contributed by atoms with Crippen LogP contribution >= 0.6 is 0 Å². The smallest absolute Gasteiger partial charge is 0.325 e. The van der Waals surface area contributed by atoms with Crippen molar-refractivity contribution in [1.29, 1.82) is 0 Å². The monoisotopic (exact) mass is 518 g/mol. The summed E-state index contributed by atoms with van der Waals surface area (Å²) in [6.45, 7) is 1.26. The Balaban J connectivity index is 2.23. The first-order valence-electron chi connectivity index (χ1n) is 11.3. The SMILES string of the molecule is CC(NC(=O)C(Cc1ccc(O)cc1)NC(=O)C(Cc1cnc[nH]1)NC(=O)C(N)CCC(=O)O)C(=O)O. The van der Waals surface area contributed by atoms with Gasteiger partial charge in [-0.2, -0.15) is 0 Å². The van der Waals surface area contributed by atoms with E-state index in [0.717, 1.165) is 0 Å². The minimum Gasteiger partial charge on any atom is -0.508 e. The van der Waals surface area contributed by atoms with Crippen LogP contribution in [0.1, 0.15) is 31.0 Å². The van der Waals surface area contributed by atoms with Gasteiger partial charge in [-0.05, 0) is 31.0 Å². The highest BCUT2D eigenvalue weighted by molar-refractivity contribution is 5.94. The number of rotatable bonds is 14. The van der Waals surface area contributed by atoms with Crippen molar-refractivity contribution >= 4 is 29.7 Å². The number of imidazole rings is 1. The van der Waals surface area contributed by atoms with Crippen molar-refractivity contribution in [2.45, 2.75) is 56.8 Å². The maximum absolute atomic E-state index is 13.2. The summed E-state index contributed by atoms with van der Waals surface area (Å²) in [7, 11) is 0. The van der Waals surface area contributed by atoms with Crippen molar-refractivity contribution in [3.63, 3.8) is 0 Å². The highest BCUT2D eigenvalue weighted by Crippen LogP contribution is 2.12. The Labute approximate surface area is 211 Å². The number of nitrogens with two attached hydrogens (primary N) is 1. The van der Waals surface area contributed by atoms with Crippen molar-refractivity contribution in [2.24, 2.45) is 5.73 Å². The lowest BCUT2D eigenvalue weighted by molar-refractivity contribution is -0.142. The van der Waals surface area contributed by atoms with Gasteiger partial charge in [0.05, 0.1) is 12.4 Å². The van der Waals surface area contributed by atoms with Gasteiger partial charge in [-0.25, -0.2) is 4.98 Å². The summed E-state index contributed by atoms with van der Waals surface area (Å²) in [5.74, 6) is -4.72. The molecule has 4 atom stereocenters. The molecule has 2 rings (SSSR count). The second kappa shape index (κ2) is 13.6. The first-order chi connectivity index (χ1) is 17.5. The largest absolute Gasteiger partial charge is 0.508 e. The first-order valence-corrected chi connectivity index (χ1v) is 11.3. The molecule has 0 spiro atoms. The van der Waals surface area contributed by atoms with Crippen LogP contribution in [-0.2, 0) is 36.8 Å². The Morgan fingerprint density at radius 1 is 0.946 bits per heavy atom. The number of phenolic OH excluding ortho intramolecular Hbond substituents is 1. The third kappa shape index (κ3) is 9.60. The first kappa shape index (κ1) is 28.8. The highest BCUT2D eigenvalue weighted by Gasteiger charge is 2.30. The molecule has 3 amide bonds. The van der Waals surface area contributed by atoms with Gasteiger partial charge in [0.25, 0.3) is 0 Å². The number of aromatic hydroxyl groups is 1. The second-order valence-corrected chi connectivity index (χ2v) is 8.38. The average molecular weight is 519 g/mol. The van der Waals surface area contributed by atoms with Crippen LogP contribution in [0.4, 0.5) is 0 Å². The number of aliphatic carboxylic acids is 2. The van der Waals surface area contributed by atoms with Crippen molar-refractivity contribution in [1.82, 2.24) is 25.9 Å². The number of amides is 3. The van der Waals surface area contributed by atoms with Gasteiger partial charge in [0.15, 0.2) is 0 Å². The van der Waals surface area contributed by atoms with E-state index < -0.39 is 53.8 Å². The van der Waals surface area contributed by atoms with Crippen molar-refractivity contribution < 1.29 is 39.3 Å². The Morgan fingerprint density at radius 2 is 1.54 bits per heavy atom. The Hall–Kier alpha value is -4.46. The van der Waals surface area contributed by atoms with Gasteiger partial charge in [0.2, 0.25) is 17.7 Å². The lowest BCUT2D eigenvalue weighted by Gasteiger charge is -2.24. The van der Waals surface area contributed by atoms with Crippen molar-refractivity contribution in [2.75, 3.05) is 0 Å². The predicted molar refractivity (Wildman–Crippen MR) is 128 cm³/mol. The number of carboxylic acid groups (broad SMARTS) is 2. The molecular weight excluding hydrogens is 488 g/mol. The van der Waals surface area contributed by atoms with Gasteiger partial charge < -0.3 is 42.0 Å². The van der Waals surface area contributed by atoms with E-state index in [1.807, 2.05) is 0 Å². The van der Waals surface area contributed by atoms with Gasteiger partial charge in [0, 0.05) is 31.2 Å². The van der Waals surface area contributed by atoms with Crippen LogP contribution in [0.15, 0.2) is 36.8 Å². The van der Waals surface area contributed by atoms with E-state index in [-0.39, 0.29) is 31.4 Å². The molecule has 200 valence electrons. The Morgan fingerprint density at radius 3 is 2.11 bits per heavy atom. The maximum atomic E-state index is 13.2. The van der Waals surface area contributed by atoms with E-state index in [1.54, 1.807) is 0 Å². The molecule has 0 aliphatic carbocycles. The molecule has 9 N–H and O–H groups in total. The second-order valence-electron chi connectivity index (χ2n) is 8.38. The fourth-order valence-corrected chi connectivity index (χ4v) is 3.24. The van der Waals surface area contributed by atoms with E-state index >= 15 is 0 Å². The summed E-state index contributed by atoms with van der Waals surface area (Å²) < 4.78 is 0. The molecule has 0 aliphatic rings. The molecule has 0 fully saturated rings. The third-order valence-electron chi connectivity index (χ3n) is 5.36. The number of nitrogens with zero attached hydrogens (tertiary/aromatic N) is 1. The molecule has 0 saturated carbocycles. The quantitative estimate of drug-likeness (QED) is 0.146. The number of H-pyrrole nitrogens is 1. The molecule has 0 aliphatic heterocycles. The topological polar surface area (TPSA) is 237 Å². The molecule has 37 heavy (non-hydrogen) atoms. The summed E-state index contributed by atoms with van der Waals surface area (Å²) in [6.07, 6.45) is 2.21. The number of hydrogen-bond donors (Lipinski definition) is 8. The third-order valence-corrected chi connectivity index (χ3v) is 5.36. The average Bonchev–Trinajstić information content (AvgIpc) is 3.35. The van der Waals surface area contributed by atoms with Crippen LogP contribution < -0.4 is 21.7 Å². The molecular formula is C23H30N6O8. The number of aromatic amines is 1. The normalized spacial score (nSPS) is 14.0. The molecule has 1 aromatic carbocycles. The number of carbonyl (C=O) groups excluding carboxylic acids is 3. The summed E-state index contributed by atoms with van der Waals surface area (Å²) >= 11 is 0. The summed E-state index contributed by atoms with van der Waals surface area (Å²) in [5, 5.41) is 34.8. The molecule has 1 heterocycles. The highest BCUT2D eigenvalue weighted by atomic mass is 16.4. The number of hydrogen-bond acceptors (Lipinski definition) is 8. The number of phenols is 1. The zero-order valence-corrected chi connectivity index (χ0v) is 20.0. The van der Waals surface area contributed by atoms with E-state index in [0.29, 0.717) is 11.3 Å². The predicted octanol–water partition coefficient (Wildman–Crippen LogP) is -1.35. The van der Waals surface area contributed by atoms with Crippen LogP contribution in [0.5, 0.6) is 5.75 Å².